The number of hydrogen-bond donors (Lipinski definition) is 0. The molecule has 1 aromatic rings. The van der Waals surface area contributed by atoms with E-state index in [1.807, 2.05) is 37.8 Å². The first-order chi connectivity index (χ1) is 19.7. The Balaban J connectivity index is 1.47. The highest BCUT2D eigenvalue weighted by atomic mass is 35.5. The minimum atomic E-state index is -0.490. The normalized spacial score (nSPS) is 30.8. The van der Waals surface area contributed by atoms with Crippen molar-refractivity contribution in [2.45, 2.75) is 110 Å². The molecule has 232 valence electrons. The number of ether oxygens (including phenoxy) is 1. The highest BCUT2D eigenvalue weighted by molar-refractivity contribution is 6.30. The quantitative estimate of drug-likeness (QED) is 0.417. The molecule has 7 nitrogen and oxygen atoms in total. The van der Waals surface area contributed by atoms with Crippen molar-refractivity contribution in [1.29, 1.82) is 0 Å². The van der Waals surface area contributed by atoms with Crippen LogP contribution in [0.1, 0.15) is 92.1 Å². The summed E-state index contributed by atoms with van der Waals surface area (Å²) >= 11 is 6.24. The third-order valence-electron chi connectivity index (χ3n) is 9.99. The summed E-state index contributed by atoms with van der Waals surface area (Å²) in [6.07, 6.45) is 5.01. The molecule has 3 fully saturated rings. The van der Waals surface area contributed by atoms with Crippen LogP contribution in [0.3, 0.4) is 0 Å². The van der Waals surface area contributed by atoms with Gasteiger partial charge in [0.1, 0.15) is 12.6 Å². The summed E-state index contributed by atoms with van der Waals surface area (Å²) in [6.45, 7) is 18.2. The van der Waals surface area contributed by atoms with Crippen LogP contribution in [0.25, 0.3) is 0 Å². The van der Waals surface area contributed by atoms with Gasteiger partial charge < -0.3 is 14.5 Å². The number of carbonyl (C=O) groups excluding carboxylic acids is 2. The molecule has 1 saturated carbocycles. The van der Waals surface area contributed by atoms with Gasteiger partial charge in [0.05, 0.1) is 18.5 Å². The van der Waals surface area contributed by atoms with Crippen LogP contribution in [0.4, 0.5) is 0 Å². The molecule has 0 spiro atoms. The predicted molar refractivity (Wildman–Crippen MR) is 169 cm³/mol. The molecular weight excluding hydrogens is 548 g/mol. The Morgan fingerprint density at radius 2 is 1.62 bits per heavy atom. The van der Waals surface area contributed by atoms with Crippen LogP contribution in [-0.4, -0.2) is 88.9 Å². The summed E-state index contributed by atoms with van der Waals surface area (Å²) < 4.78 is 6.02. The monoisotopic (exact) mass is 598 g/mol. The van der Waals surface area contributed by atoms with Gasteiger partial charge in [0.25, 0.3) is 0 Å². The standard InChI is InChI=1S/C34H51ClN4O3/c1-22-8-14-25(15-9-22)39(32(41)33(2,3)4)26-18-29(30-36-16-17-42-30)38(19-26)31(40)28-21-37(34(5,6)7)20-27(28)23-10-12-24(35)13-11-23/h10-13,22,25-29H,8-9,14-21H2,1-7H3/t22?,25?,26-,27+,28?,29-/m0/s1. The summed E-state index contributed by atoms with van der Waals surface area (Å²) in [7, 11) is 0. The Hall–Kier alpha value is -2.12. The molecule has 1 aliphatic carbocycles. The van der Waals surface area contributed by atoms with E-state index in [9.17, 15) is 9.59 Å². The predicted octanol–water partition coefficient (Wildman–Crippen LogP) is 6.01. The Kier molecular flexibility index (Phi) is 9.03. The lowest BCUT2D eigenvalue weighted by molar-refractivity contribution is -0.146. The third kappa shape index (κ3) is 6.52. The lowest BCUT2D eigenvalue weighted by Crippen LogP contribution is -2.53. The summed E-state index contributed by atoms with van der Waals surface area (Å²) in [6, 6.07) is 7.92. The zero-order valence-corrected chi connectivity index (χ0v) is 27.5. The van der Waals surface area contributed by atoms with Crippen LogP contribution in [-0.2, 0) is 14.3 Å². The minimum Gasteiger partial charge on any atom is -0.478 e. The maximum atomic E-state index is 14.8. The van der Waals surface area contributed by atoms with Crippen LogP contribution < -0.4 is 0 Å². The first-order valence-electron chi connectivity index (χ1n) is 16.0. The molecule has 0 N–H and O–H groups in total. The largest absolute Gasteiger partial charge is 0.478 e. The van der Waals surface area contributed by atoms with Crippen LogP contribution in [0.15, 0.2) is 29.3 Å². The fourth-order valence-electron chi connectivity index (χ4n) is 7.45. The Labute approximate surface area is 258 Å². The molecule has 1 aromatic carbocycles. The molecular formula is C34H51ClN4O3. The maximum absolute atomic E-state index is 14.8. The molecule has 4 aliphatic rings. The van der Waals surface area contributed by atoms with Gasteiger partial charge in [0, 0.05) is 47.6 Å². The number of likely N-dealkylation sites (tertiary alicyclic amines) is 2. The molecule has 3 aliphatic heterocycles. The van der Waals surface area contributed by atoms with Gasteiger partial charge in [0.2, 0.25) is 17.7 Å². The van der Waals surface area contributed by atoms with Crippen molar-refractivity contribution in [2.75, 3.05) is 32.8 Å². The molecule has 5 rings (SSSR count). The van der Waals surface area contributed by atoms with Gasteiger partial charge in [-0.2, -0.15) is 0 Å². The van der Waals surface area contributed by atoms with E-state index in [-0.39, 0.29) is 47.3 Å². The van der Waals surface area contributed by atoms with Crippen LogP contribution >= 0.6 is 11.6 Å². The van der Waals surface area contributed by atoms with Crippen molar-refractivity contribution in [1.82, 2.24) is 14.7 Å². The number of amides is 2. The smallest absolute Gasteiger partial charge is 0.228 e. The highest BCUT2D eigenvalue weighted by Crippen LogP contribution is 2.41. The summed E-state index contributed by atoms with van der Waals surface area (Å²) in [5, 5.41) is 0.701. The SMILES string of the molecule is CC1CCC(N(C(=O)C(C)(C)C)[C@H]2C[C@@H](C3=NCCO3)N(C(=O)C3CN(C(C)(C)C)C[C@@H]3c3ccc(Cl)cc3)C2)CC1. The molecule has 2 amide bonds. The molecule has 0 radical (unpaired) electrons. The van der Waals surface area contributed by atoms with E-state index in [0.717, 1.165) is 37.8 Å². The van der Waals surface area contributed by atoms with Crippen molar-refractivity contribution in [3.05, 3.63) is 34.9 Å². The maximum Gasteiger partial charge on any atom is 0.228 e. The second kappa shape index (κ2) is 12.1. The van der Waals surface area contributed by atoms with Gasteiger partial charge in [-0.15, -0.1) is 0 Å². The lowest BCUT2D eigenvalue weighted by atomic mass is 9.84. The lowest BCUT2D eigenvalue weighted by Gasteiger charge is -2.42. The number of nitrogens with zero attached hydrogens (tertiary/aromatic N) is 4. The van der Waals surface area contributed by atoms with E-state index in [4.69, 9.17) is 21.3 Å². The third-order valence-corrected chi connectivity index (χ3v) is 10.2. The topological polar surface area (TPSA) is 65.5 Å². The number of carbonyl (C=O) groups is 2. The number of halogens is 1. The number of rotatable bonds is 5. The van der Waals surface area contributed by atoms with Gasteiger partial charge in [-0.05, 0) is 76.5 Å². The van der Waals surface area contributed by atoms with Crippen LogP contribution in [0.5, 0.6) is 0 Å². The molecule has 8 heteroatoms. The van der Waals surface area contributed by atoms with E-state index < -0.39 is 5.41 Å². The summed E-state index contributed by atoms with van der Waals surface area (Å²) in [4.78, 5) is 40.2. The van der Waals surface area contributed by atoms with Crippen LogP contribution in [0, 0.1) is 17.3 Å². The molecule has 0 bridgehead atoms. The fourth-order valence-corrected chi connectivity index (χ4v) is 7.57. The van der Waals surface area contributed by atoms with E-state index >= 15 is 0 Å². The van der Waals surface area contributed by atoms with E-state index in [2.05, 4.69) is 49.6 Å². The van der Waals surface area contributed by atoms with Gasteiger partial charge >= 0.3 is 0 Å². The summed E-state index contributed by atoms with van der Waals surface area (Å²) in [5.41, 5.74) is 0.599. The second-order valence-electron chi connectivity index (χ2n) is 15.2. The molecule has 3 heterocycles. The Morgan fingerprint density at radius 1 is 0.952 bits per heavy atom. The number of benzene rings is 1. The second-order valence-corrected chi connectivity index (χ2v) is 15.6. The highest BCUT2D eigenvalue weighted by Gasteiger charge is 2.51. The van der Waals surface area contributed by atoms with Crippen LogP contribution in [0.2, 0.25) is 5.02 Å². The fraction of sp³-hybridized carbons (Fsp3) is 0.735. The minimum absolute atomic E-state index is 0.0508. The zero-order chi connectivity index (χ0) is 30.4. The molecule has 4 atom stereocenters. The molecule has 0 aromatic heterocycles. The van der Waals surface area contributed by atoms with Gasteiger partial charge in [-0.3, -0.25) is 19.5 Å². The van der Waals surface area contributed by atoms with Gasteiger partial charge in [-0.1, -0.05) is 51.4 Å². The first kappa shape index (κ1) is 31.3. The van der Waals surface area contributed by atoms with Gasteiger partial charge in [0.15, 0.2) is 0 Å². The zero-order valence-electron chi connectivity index (χ0n) is 26.7. The summed E-state index contributed by atoms with van der Waals surface area (Å²) in [5.74, 6) is 1.56. The Bertz CT molecular complexity index is 1160. The first-order valence-corrected chi connectivity index (χ1v) is 16.4. The average Bonchev–Trinajstić information content (AvgIpc) is 3.69. The molecule has 1 unspecified atom stereocenters. The molecule has 42 heavy (non-hydrogen) atoms. The number of aliphatic imine (C=N–C) groups is 1. The van der Waals surface area contributed by atoms with Gasteiger partial charge in [-0.25, -0.2) is 0 Å². The van der Waals surface area contributed by atoms with Crippen molar-refractivity contribution in [3.8, 4) is 0 Å². The van der Waals surface area contributed by atoms with E-state index in [0.29, 0.717) is 49.5 Å². The van der Waals surface area contributed by atoms with Crippen molar-refractivity contribution >= 4 is 29.3 Å². The average molecular weight is 599 g/mol. The van der Waals surface area contributed by atoms with Crippen molar-refractivity contribution < 1.29 is 14.3 Å². The molecule has 2 saturated heterocycles. The van der Waals surface area contributed by atoms with E-state index in [1.54, 1.807) is 0 Å². The number of hydrogen-bond acceptors (Lipinski definition) is 5. The Morgan fingerprint density at radius 3 is 2.19 bits per heavy atom. The van der Waals surface area contributed by atoms with Crippen molar-refractivity contribution in [2.24, 2.45) is 22.2 Å². The van der Waals surface area contributed by atoms with Crippen molar-refractivity contribution in [3.63, 3.8) is 0 Å². The van der Waals surface area contributed by atoms with E-state index in [1.165, 1.54) is 0 Å².